The van der Waals surface area contributed by atoms with E-state index in [0.717, 1.165) is 21.2 Å². The summed E-state index contributed by atoms with van der Waals surface area (Å²) in [5.41, 5.74) is 2.87. The van der Waals surface area contributed by atoms with E-state index in [4.69, 9.17) is 5.21 Å². The van der Waals surface area contributed by atoms with E-state index in [1.807, 2.05) is 60.7 Å². The average molecular weight is 302 g/mol. The Labute approximate surface area is 114 Å². The average Bonchev–Trinajstić information content (AvgIpc) is 2.46. The fourth-order valence-corrected chi connectivity index (χ4v) is 2.27. The van der Waals surface area contributed by atoms with Gasteiger partial charge in [0.2, 0.25) is 0 Å². The van der Waals surface area contributed by atoms with Crippen LogP contribution in [0.5, 0.6) is 0 Å². The topological polar surface area (TPSA) is 32.6 Å². The molecule has 0 atom stereocenters. The van der Waals surface area contributed by atoms with Crippen LogP contribution in [0.2, 0.25) is 0 Å². The van der Waals surface area contributed by atoms with E-state index in [1.165, 1.54) is 6.21 Å². The first-order valence-corrected chi connectivity index (χ1v) is 6.30. The van der Waals surface area contributed by atoms with Crippen molar-refractivity contribution in [2.24, 2.45) is 5.16 Å². The zero-order valence-electron chi connectivity index (χ0n) is 9.62. The summed E-state index contributed by atoms with van der Waals surface area (Å²) in [6.45, 7) is 0. The fraction of sp³-hybridized carbons (Fsp3) is 0. The number of hydrogen-bond acceptors (Lipinski definition) is 2. The molecule has 2 aromatic carbocycles. The molecule has 18 heavy (non-hydrogen) atoms. The number of nitrogens with zero attached hydrogens (tertiary/aromatic N) is 1. The molecule has 3 heteroatoms. The molecule has 2 aromatic rings. The van der Waals surface area contributed by atoms with Crippen LogP contribution in [-0.2, 0) is 0 Å². The van der Waals surface area contributed by atoms with Gasteiger partial charge in [0, 0.05) is 10.1 Å². The van der Waals surface area contributed by atoms with Crippen LogP contribution in [0.25, 0.3) is 10.1 Å². The quantitative estimate of drug-likeness (QED) is 0.387. The lowest BCUT2D eigenvalue weighted by molar-refractivity contribution is 0.322. The van der Waals surface area contributed by atoms with Gasteiger partial charge < -0.3 is 5.21 Å². The summed E-state index contributed by atoms with van der Waals surface area (Å²) in [6.07, 6.45) is 1.44. The standard InChI is InChI=1S/C15H12BrNO/c16-15(13-9-5-2-6-10-13)14(11-17-18)12-7-3-1-4-8-12/h1-11,18H. The van der Waals surface area contributed by atoms with Gasteiger partial charge in [-0.3, -0.25) is 0 Å². The lowest BCUT2D eigenvalue weighted by Gasteiger charge is -2.06. The summed E-state index contributed by atoms with van der Waals surface area (Å²) in [4.78, 5) is 0. The second kappa shape index (κ2) is 6.17. The van der Waals surface area contributed by atoms with Crippen molar-refractivity contribution in [2.45, 2.75) is 0 Å². The van der Waals surface area contributed by atoms with E-state index in [2.05, 4.69) is 21.1 Å². The van der Waals surface area contributed by atoms with Crippen molar-refractivity contribution < 1.29 is 5.21 Å². The second-order valence-electron chi connectivity index (χ2n) is 3.70. The summed E-state index contributed by atoms with van der Waals surface area (Å²) in [5.74, 6) is 0. The minimum Gasteiger partial charge on any atom is -0.411 e. The van der Waals surface area contributed by atoms with Crippen LogP contribution in [-0.4, -0.2) is 11.4 Å². The first-order valence-electron chi connectivity index (χ1n) is 5.51. The Kier molecular flexibility index (Phi) is 4.31. The summed E-state index contributed by atoms with van der Waals surface area (Å²) in [6, 6.07) is 19.7. The van der Waals surface area contributed by atoms with Crippen molar-refractivity contribution >= 4 is 32.2 Å². The van der Waals surface area contributed by atoms with Gasteiger partial charge in [0.05, 0.1) is 6.21 Å². The summed E-state index contributed by atoms with van der Waals surface area (Å²) in [7, 11) is 0. The maximum absolute atomic E-state index is 8.81. The highest BCUT2D eigenvalue weighted by Crippen LogP contribution is 2.29. The molecule has 0 saturated heterocycles. The number of benzene rings is 2. The third kappa shape index (κ3) is 2.87. The Balaban J connectivity index is 2.54. The van der Waals surface area contributed by atoms with Gasteiger partial charge in [-0.15, -0.1) is 0 Å². The summed E-state index contributed by atoms with van der Waals surface area (Å²) < 4.78 is 0.895. The lowest BCUT2D eigenvalue weighted by Crippen LogP contribution is -1.89. The monoisotopic (exact) mass is 301 g/mol. The van der Waals surface area contributed by atoms with Crippen LogP contribution in [0, 0.1) is 0 Å². The zero-order chi connectivity index (χ0) is 12.8. The Morgan fingerprint density at radius 1 is 0.889 bits per heavy atom. The molecule has 0 spiro atoms. The molecule has 0 aliphatic carbocycles. The highest BCUT2D eigenvalue weighted by molar-refractivity contribution is 9.15. The molecule has 0 bridgehead atoms. The molecule has 0 aliphatic rings. The van der Waals surface area contributed by atoms with E-state index in [1.54, 1.807) is 0 Å². The number of allylic oxidation sites excluding steroid dienone is 1. The Morgan fingerprint density at radius 3 is 1.89 bits per heavy atom. The largest absolute Gasteiger partial charge is 0.411 e. The minimum absolute atomic E-state index is 0.837. The number of rotatable bonds is 3. The zero-order valence-corrected chi connectivity index (χ0v) is 11.2. The molecule has 0 aromatic heterocycles. The smallest absolute Gasteiger partial charge is 0.0751 e. The van der Waals surface area contributed by atoms with Gasteiger partial charge in [0.1, 0.15) is 0 Å². The van der Waals surface area contributed by atoms with Gasteiger partial charge in [-0.25, -0.2) is 0 Å². The normalized spacial score (nSPS) is 12.5. The molecule has 0 amide bonds. The van der Waals surface area contributed by atoms with Gasteiger partial charge in [-0.2, -0.15) is 0 Å². The van der Waals surface area contributed by atoms with Gasteiger partial charge in [0.15, 0.2) is 0 Å². The van der Waals surface area contributed by atoms with E-state index in [-0.39, 0.29) is 0 Å². The lowest BCUT2D eigenvalue weighted by atomic mass is 10.0. The molecule has 0 heterocycles. The van der Waals surface area contributed by atoms with Crippen LogP contribution in [0.4, 0.5) is 0 Å². The van der Waals surface area contributed by atoms with Crippen LogP contribution >= 0.6 is 15.9 Å². The van der Waals surface area contributed by atoms with Crippen molar-refractivity contribution in [3.8, 4) is 0 Å². The molecule has 2 rings (SSSR count). The number of oxime groups is 1. The highest BCUT2D eigenvalue weighted by Gasteiger charge is 2.07. The second-order valence-corrected chi connectivity index (χ2v) is 4.50. The van der Waals surface area contributed by atoms with Crippen LogP contribution in [0.1, 0.15) is 11.1 Å². The molecule has 1 N–H and O–H groups in total. The maximum atomic E-state index is 8.81. The first kappa shape index (κ1) is 12.6. The number of hydrogen-bond donors (Lipinski definition) is 1. The SMILES string of the molecule is ON=CC(=C(Br)c1ccccc1)c1ccccc1. The van der Waals surface area contributed by atoms with Crippen molar-refractivity contribution in [1.82, 2.24) is 0 Å². The molecular weight excluding hydrogens is 290 g/mol. The molecule has 0 radical (unpaired) electrons. The van der Waals surface area contributed by atoms with Gasteiger partial charge >= 0.3 is 0 Å². The summed E-state index contributed by atoms with van der Waals surface area (Å²) >= 11 is 3.57. The van der Waals surface area contributed by atoms with Crippen molar-refractivity contribution in [3.63, 3.8) is 0 Å². The third-order valence-electron chi connectivity index (χ3n) is 2.54. The predicted molar refractivity (Wildman–Crippen MR) is 78.9 cm³/mol. The fourth-order valence-electron chi connectivity index (χ4n) is 1.67. The molecule has 0 saturated carbocycles. The maximum Gasteiger partial charge on any atom is 0.0751 e. The summed E-state index contributed by atoms with van der Waals surface area (Å²) in [5, 5.41) is 12.0. The van der Waals surface area contributed by atoms with Crippen molar-refractivity contribution in [2.75, 3.05) is 0 Å². The molecule has 90 valence electrons. The van der Waals surface area contributed by atoms with Gasteiger partial charge in [0.25, 0.3) is 0 Å². The molecule has 2 nitrogen and oxygen atoms in total. The third-order valence-corrected chi connectivity index (χ3v) is 3.42. The predicted octanol–water partition coefficient (Wildman–Crippen LogP) is 4.41. The highest BCUT2D eigenvalue weighted by atomic mass is 79.9. The van der Waals surface area contributed by atoms with Crippen LogP contribution < -0.4 is 0 Å². The van der Waals surface area contributed by atoms with E-state index >= 15 is 0 Å². The minimum atomic E-state index is 0.837. The van der Waals surface area contributed by atoms with Crippen LogP contribution in [0.3, 0.4) is 0 Å². The Bertz CT molecular complexity index is 562. The molecule has 0 fully saturated rings. The van der Waals surface area contributed by atoms with Gasteiger partial charge in [-0.1, -0.05) is 65.8 Å². The molecule has 0 aliphatic heterocycles. The number of halogens is 1. The van der Waals surface area contributed by atoms with Crippen molar-refractivity contribution in [1.29, 1.82) is 0 Å². The van der Waals surface area contributed by atoms with E-state index < -0.39 is 0 Å². The molecule has 0 unspecified atom stereocenters. The molecular formula is C15H12BrNO. The Hall–Kier alpha value is -1.87. The first-order chi connectivity index (χ1) is 8.83. The van der Waals surface area contributed by atoms with E-state index in [0.29, 0.717) is 0 Å². The van der Waals surface area contributed by atoms with Gasteiger partial charge in [-0.05, 0) is 27.1 Å². The van der Waals surface area contributed by atoms with E-state index in [9.17, 15) is 0 Å². The van der Waals surface area contributed by atoms with Crippen molar-refractivity contribution in [3.05, 3.63) is 71.8 Å². The Morgan fingerprint density at radius 2 is 1.39 bits per heavy atom. The van der Waals surface area contributed by atoms with Crippen LogP contribution in [0.15, 0.2) is 65.8 Å².